The maximum absolute atomic E-state index is 12.0. The number of alkyl halides is 1. The van der Waals surface area contributed by atoms with Crippen molar-refractivity contribution in [2.75, 3.05) is 12.4 Å². The van der Waals surface area contributed by atoms with Gasteiger partial charge in [-0.1, -0.05) is 32.0 Å². The predicted octanol–water partition coefficient (Wildman–Crippen LogP) is 3.63. The Hall–Kier alpha value is -1.02. The number of carbonyl (C=O) groups is 1. The Morgan fingerprint density at radius 3 is 2.78 bits per heavy atom. The summed E-state index contributed by atoms with van der Waals surface area (Å²) in [5.41, 5.74) is 1.90. The maximum atomic E-state index is 12.0. The summed E-state index contributed by atoms with van der Waals surface area (Å²) in [7, 11) is 0. The third-order valence-corrected chi connectivity index (χ3v) is 3.59. The number of aryl methyl sites for hydroxylation is 1. The summed E-state index contributed by atoms with van der Waals surface area (Å²) >= 11 is 5.74. The minimum Gasteiger partial charge on any atom is -0.352 e. The van der Waals surface area contributed by atoms with Crippen LogP contribution in [-0.4, -0.2) is 18.3 Å². The van der Waals surface area contributed by atoms with E-state index in [4.69, 9.17) is 11.6 Å². The monoisotopic (exact) mass is 267 g/mol. The van der Waals surface area contributed by atoms with Crippen LogP contribution in [0.5, 0.6) is 0 Å². The normalized spacial score (nSPS) is 12.2. The van der Waals surface area contributed by atoms with E-state index in [1.165, 1.54) is 0 Å². The van der Waals surface area contributed by atoms with Gasteiger partial charge in [0.2, 0.25) is 0 Å². The van der Waals surface area contributed by atoms with Gasteiger partial charge in [0.15, 0.2) is 0 Å². The molecule has 3 heteroatoms. The van der Waals surface area contributed by atoms with Crippen LogP contribution in [0.25, 0.3) is 0 Å². The lowest BCUT2D eigenvalue weighted by Crippen LogP contribution is -2.25. The summed E-state index contributed by atoms with van der Waals surface area (Å²) < 4.78 is 0. The number of rotatable bonds is 7. The number of hydrogen-bond donors (Lipinski definition) is 1. The average Bonchev–Trinajstić information content (AvgIpc) is 2.42. The molecule has 1 aromatic rings. The molecular formula is C15H22ClNO. The van der Waals surface area contributed by atoms with Gasteiger partial charge in [0.1, 0.15) is 0 Å². The van der Waals surface area contributed by atoms with Crippen molar-refractivity contribution in [3.8, 4) is 0 Å². The molecule has 1 N–H and O–H groups in total. The van der Waals surface area contributed by atoms with Crippen molar-refractivity contribution >= 4 is 17.5 Å². The summed E-state index contributed by atoms with van der Waals surface area (Å²) in [5, 5.41) is 2.97. The fraction of sp³-hybridized carbons (Fsp3) is 0.533. The molecule has 1 unspecified atom stereocenters. The summed E-state index contributed by atoms with van der Waals surface area (Å²) in [5.74, 6) is 1.24. The smallest absolute Gasteiger partial charge is 0.251 e. The first-order valence-electron chi connectivity index (χ1n) is 6.61. The van der Waals surface area contributed by atoms with E-state index in [9.17, 15) is 4.79 Å². The third-order valence-electron chi connectivity index (χ3n) is 3.07. The molecule has 1 atom stereocenters. The number of carbonyl (C=O) groups excluding carboxylic acids is 1. The van der Waals surface area contributed by atoms with Gasteiger partial charge in [-0.15, -0.1) is 11.6 Å². The Morgan fingerprint density at radius 1 is 1.39 bits per heavy atom. The zero-order chi connectivity index (χ0) is 13.4. The van der Waals surface area contributed by atoms with Crippen LogP contribution in [0.1, 0.15) is 42.6 Å². The van der Waals surface area contributed by atoms with Gasteiger partial charge >= 0.3 is 0 Å². The van der Waals surface area contributed by atoms with Gasteiger partial charge in [-0.3, -0.25) is 4.79 Å². The van der Waals surface area contributed by atoms with Crippen molar-refractivity contribution in [3.63, 3.8) is 0 Å². The molecule has 1 rings (SSSR count). The molecule has 0 aliphatic rings. The molecule has 0 aromatic heterocycles. The van der Waals surface area contributed by atoms with E-state index in [2.05, 4.69) is 19.2 Å². The van der Waals surface area contributed by atoms with Gasteiger partial charge in [-0.2, -0.15) is 0 Å². The van der Waals surface area contributed by atoms with E-state index in [0.29, 0.717) is 11.8 Å². The fourth-order valence-corrected chi connectivity index (χ4v) is 2.03. The van der Waals surface area contributed by atoms with Gasteiger partial charge in [0, 0.05) is 18.0 Å². The molecule has 0 fully saturated rings. The summed E-state index contributed by atoms with van der Waals surface area (Å²) in [6.07, 6.45) is 2.92. The molecule has 18 heavy (non-hydrogen) atoms. The maximum Gasteiger partial charge on any atom is 0.251 e. The first-order chi connectivity index (χ1) is 8.69. The lowest BCUT2D eigenvalue weighted by molar-refractivity contribution is 0.0951. The van der Waals surface area contributed by atoms with Gasteiger partial charge in [-0.25, -0.2) is 0 Å². The Morgan fingerprint density at radius 2 is 2.11 bits per heavy atom. The van der Waals surface area contributed by atoms with Crippen LogP contribution < -0.4 is 5.32 Å². The van der Waals surface area contributed by atoms with E-state index in [1.54, 1.807) is 0 Å². The molecule has 0 saturated heterocycles. The zero-order valence-corrected chi connectivity index (χ0v) is 12.0. The molecule has 1 aromatic carbocycles. The van der Waals surface area contributed by atoms with Crippen LogP contribution in [0.4, 0.5) is 0 Å². The lowest BCUT2D eigenvalue weighted by Gasteiger charge is -2.10. The highest BCUT2D eigenvalue weighted by atomic mass is 35.5. The number of halogens is 1. The highest BCUT2D eigenvalue weighted by Gasteiger charge is 2.08. The SMILES string of the molecule is CCc1ccccc1C(=O)NCCCC(C)CCl. The minimum absolute atomic E-state index is 0.0333. The molecule has 2 nitrogen and oxygen atoms in total. The van der Waals surface area contributed by atoms with Gasteiger partial charge in [0.05, 0.1) is 0 Å². The van der Waals surface area contributed by atoms with Crippen LogP contribution in [0, 0.1) is 5.92 Å². The van der Waals surface area contributed by atoms with Gasteiger partial charge < -0.3 is 5.32 Å². The Balaban J connectivity index is 2.41. The topological polar surface area (TPSA) is 29.1 Å². The zero-order valence-electron chi connectivity index (χ0n) is 11.2. The average molecular weight is 268 g/mol. The Bertz CT molecular complexity index is 379. The van der Waals surface area contributed by atoms with Crippen LogP contribution in [0.2, 0.25) is 0 Å². The highest BCUT2D eigenvalue weighted by molar-refractivity contribution is 6.18. The van der Waals surface area contributed by atoms with E-state index in [0.717, 1.165) is 36.9 Å². The third kappa shape index (κ3) is 4.69. The van der Waals surface area contributed by atoms with Crippen molar-refractivity contribution in [2.24, 2.45) is 5.92 Å². The summed E-state index contributed by atoms with van der Waals surface area (Å²) in [6, 6.07) is 7.77. The molecule has 0 saturated carbocycles. The van der Waals surface area contributed by atoms with Crippen molar-refractivity contribution in [3.05, 3.63) is 35.4 Å². The van der Waals surface area contributed by atoms with Gasteiger partial charge in [0.25, 0.3) is 5.91 Å². The number of hydrogen-bond acceptors (Lipinski definition) is 1. The largest absolute Gasteiger partial charge is 0.352 e. The summed E-state index contributed by atoms with van der Waals surface area (Å²) in [4.78, 5) is 12.0. The molecular weight excluding hydrogens is 246 g/mol. The van der Waals surface area contributed by atoms with Gasteiger partial charge in [-0.05, 0) is 36.8 Å². The molecule has 0 radical (unpaired) electrons. The van der Waals surface area contributed by atoms with E-state index in [-0.39, 0.29) is 5.91 Å². The highest BCUT2D eigenvalue weighted by Crippen LogP contribution is 2.10. The second-order valence-corrected chi connectivity index (χ2v) is 4.98. The van der Waals surface area contributed by atoms with Crippen LogP contribution in [0.3, 0.4) is 0 Å². The van der Waals surface area contributed by atoms with Crippen molar-refractivity contribution in [2.45, 2.75) is 33.1 Å². The molecule has 0 spiro atoms. The molecule has 0 heterocycles. The molecule has 0 bridgehead atoms. The molecule has 1 amide bonds. The van der Waals surface area contributed by atoms with E-state index >= 15 is 0 Å². The number of nitrogens with one attached hydrogen (secondary N) is 1. The van der Waals surface area contributed by atoms with Crippen LogP contribution in [-0.2, 0) is 6.42 Å². The fourth-order valence-electron chi connectivity index (χ4n) is 1.87. The lowest BCUT2D eigenvalue weighted by atomic mass is 10.0. The van der Waals surface area contributed by atoms with Crippen LogP contribution in [0.15, 0.2) is 24.3 Å². The quantitative estimate of drug-likeness (QED) is 0.593. The first-order valence-corrected chi connectivity index (χ1v) is 7.14. The molecule has 0 aliphatic carbocycles. The first kappa shape index (κ1) is 15.0. The Kier molecular flexibility index (Phi) is 6.81. The second-order valence-electron chi connectivity index (χ2n) is 4.67. The standard InChI is InChI=1S/C15H22ClNO/c1-3-13-8-4-5-9-14(13)15(18)17-10-6-7-12(2)11-16/h4-5,8-9,12H,3,6-7,10-11H2,1-2H3,(H,17,18). The molecule has 0 aliphatic heterocycles. The summed E-state index contributed by atoms with van der Waals surface area (Å²) in [6.45, 7) is 4.91. The molecule has 100 valence electrons. The van der Waals surface area contributed by atoms with Crippen molar-refractivity contribution < 1.29 is 4.79 Å². The van der Waals surface area contributed by atoms with E-state index < -0.39 is 0 Å². The number of amides is 1. The predicted molar refractivity (Wildman–Crippen MR) is 77.3 cm³/mol. The number of benzene rings is 1. The van der Waals surface area contributed by atoms with Crippen molar-refractivity contribution in [1.29, 1.82) is 0 Å². The minimum atomic E-state index is 0.0333. The Labute approximate surface area is 115 Å². The van der Waals surface area contributed by atoms with E-state index in [1.807, 2.05) is 24.3 Å². The second kappa shape index (κ2) is 8.15. The van der Waals surface area contributed by atoms with Crippen LogP contribution >= 0.6 is 11.6 Å². The van der Waals surface area contributed by atoms with Crippen molar-refractivity contribution in [1.82, 2.24) is 5.32 Å².